The van der Waals surface area contributed by atoms with Crippen LogP contribution in [0.3, 0.4) is 0 Å². The highest BCUT2D eigenvalue weighted by atomic mass is 32.2. The van der Waals surface area contributed by atoms with Crippen LogP contribution >= 0.6 is 0 Å². The maximum atomic E-state index is 13.6. The number of fused-ring (bicyclic) bond motifs is 4. The maximum Gasteiger partial charge on any atom is 0.336 e. The Hall–Kier alpha value is -5.31. The predicted octanol–water partition coefficient (Wildman–Crippen LogP) is -1.45. The number of nitrogens with one attached hydrogen (secondary N) is 4. The normalized spacial score (nSPS) is 27.2. The van der Waals surface area contributed by atoms with E-state index >= 15 is 0 Å². The number of rotatable bonds is 13. The number of aromatic nitrogens is 8. The Balaban J connectivity index is 1.01. The number of imidazole rings is 2. The Morgan fingerprint density at radius 1 is 1.02 bits per heavy atom. The Labute approximate surface area is 321 Å². The number of nitrogens with zero attached hydrogens (tertiary/aromatic N) is 7. The van der Waals surface area contributed by atoms with Gasteiger partial charge in [0.1, 0.15) is 30.2 Å². The SMILES string of the molecule is CC(C)C(=O)Nc1nc2c(ncn2[C@@H]2O[C@H](CO)[C@@H](CO)[C@H]2OS(=O)(=O)NC[C@]23CO[C@H](C2O)[C@H](n2cnc4c(NC(=O)c5ccccc5)ncnc42)O3)c(=O)[nH]1. The standard InChI is InChI=1S/C33H37N11O12S/c1-15(2)27(48)41-32-40-26-20(29(50)42-32)37-14-44(26)30-21(17(8-45)18(9-46)54-30)56-57(51,52)38-10-33-11-53-22(23(33)47)31(55-33)43-13-36-19-24(34-12-35-25(19)43)39-28(49)16-6-4-3-5-7-16/h3-7,12-15,17-18,21-23,30-31,38,45-47H,8-11H2,1-2H3,(H,34,35,39,49)(H2,40,41,42,48,50)/t17-,18-,21-,22-,23?,30-,31-,33+/m1/s1. The smallest absolute Gasteiger partial charge is 0.336 e. The van der Waals surface area contributed by atoms with E-state index in [4.69, 9.17) is 18.4 Å². The van der Waals surface area contributed by atoms with Gasteiger partial charge >= 0.3 is 10.3 Å². The molecule has 7 N–H and O–H groups in total. The number of anilines is 2. The van der Waals surface area contributed by atoms with E-state index in [0.717, 1.165) is 6.33 Å². The highest BCUT2D eigenvalue weighted by Gasteiger charge is 2.62. The molecule has 0 saturated carbocycles. The van der Waals surface area contributed by atoms with Gasteiger partial charge in [-0.25, -0.2) is 24.1 Å². The van der Waals surface area contributed by atoms with Gasteiger partial charge in [0.05, 0.1) is 38.6 Å². The molecule has 0 aliphatic carbocycles. The largest absolute Gasteiger partial charge is 0.396 e. The van der Waals surface area contributed by atoms with Gasteiger partial charge in [0.25, 0.3) is 11.5 Å². The lowest BCUT2D eigenvalue weighted by molar-refractivity contribution is -0.169. The molecule has 5 aromatic rings. The molecule has 8 atom stereocenters. The molecule has 8 rings (SSSR count). The minimum absolute atomic E-state index is 0.110. The van der Waals surface area contributed by atoms with Crippen LogP contribution in [0, 0.1) is 11.8 Å². The van der Waals surface area contributed by atoms with Crippen molar-refractivity contribution in [3.8, 4) is 0 Å². The van der Waals surface area contributed by atoms with Crippen LogP contribution in [0.4, 0.5) is 11.8 Å². The zero-order valence-electron chi connectivity index (χ0n) is 30.1. The van der Waals surface area contributed by atoms with Crippen molar-refractivity contribution < 1.29 is 51.7 Å². The lowest BCUT2D eigenvalue weighted by atomic mass is 9.99. The number of hydrogen-bond acceptors (Lipinski definition) is 17. The quantitative estimate of drug-likeness (QED) is 0.0715. The second-order valence-electron chi connectivity index (χ2n) is 14.0. The first-order chi connectivity index (χ1) is 27.3. The molecule has 302 valence electrons. The van der Waals surface area contributed by atoms with Crippen molar-refractivity contribution in [2.45, 2.75) is 56.3 Å². The van der Waals surface area contributed by atoms with E-state index < -0.39 is 102 Å². The summed E-state index contributed by atoms with van der Waals surface area (Å²) in [4.78, 5) is 61.6. The van der Waals surface area contributed by atoms with Crippen LogP contribution in [0.25, 0.3) is 22.3 Å². The second-order valence-corrected chi connectivity index (χ2v) is 15.4. The number of aliphatic hydroxyl groups is 3. The number of carbonyl (C=O) groups excluding carboxylic acids is 2. The fourth-order valence-electron chi connectivity index (χ4n) is 7.02. The van der Waals surface area contributed by atoms with Crippen LogP contribution in [-0.2, 0) is 33.5 Å². The molecule has 4 aromatic heterocycles. The molecule has 0 radical (unpaired) electrons. The molecular formula is C33H37N11O12S. The number of aliphatic hydroxyl groups excluding tert-OH is 3. The first-order valence-corrected chi connectivity index (χ1v) is 19.1. The van der Waals surface area contributed by atoms with Crippen molar-refractivity contribution in [2.75, 3.05) is 37.0 Å². The minimum Gasteiger partial charge on any atom is -0.396 e. The summed E-state index contributed by atoms with van der Waals surface area (Å²) in [5, 5.41) is 36.9. The van der Waals surface area contributed by atoms with Gasteiger partial charge in [0.15, 0.2) is 40.6 Å². The summed E-state index contributed by atoms with van der Waals surface area (Å²) in [5.74, 6) is -2.49. The van der Waals surface area contributed by atoms with Crippen LogP contribution in [0.15, 0.2) is 54.1 Å². The summed E-state index contributed by atoms with van der Waals surface area (Å²) >= 11 is 0. The summed E-state index contributed by atoms with van der Waals surface area (Å²) in [5.41, 5.74) is -1.75. The lowest BCUT2D eigenvalue weighted by Gasteiger charge is -2.31. The third-order valence-corrected chi connectivity index (χ3v) is 11.0. The molecule has 3 aliphatic heterocycles. The van der Waals surface area contributed by atoms with E-state index in [9.17, 15) is 38.1 Å². The molecule has 24 heteroatoms. The van der Waals surface area contributed by atoms with E-state index in [0.29, 0.717) is 5.56 Å². The number of hydrogen-bond donors (Lipinski definition) is 7. The number of H-pyrrole nitrogens is 1. The third-order valence-electron chi connectivity index (χ3n) is 10.1. The van der Waals surface area contributed by atoms with Crippen LogP contribution < -0.4 is 20.9 Å². The number of ether oxygens (including phenoxy) is 3. The number of amides is 2. The highest BCUT2D eigenvalue weighted by Crippen LogP contribution is 2.46. The minimum atomic E-state index is -4.77. The number of benzene rings is 1. The summed E-state index contributed by atoms with van der Waals surface area (Å²) in [6.45, 7) is 1.21. The molecule has 3 saturated heterocycles. The molecule has 2 amide bonds. The Morgan fingerprint density at radius 2 is 1.75 bits per heavy atom. The van der Waals surface area contributed by atoms with Gasteiger partial charge in [-0.05, 0) is 12.1 Å². The van der Waals surface area contributed by atoms with Crippen molar-refractivity contribution >= 4 is 56.2 Å². The van der Waals surface area contributed by atoms with Gasteiger partial charge in [0.2, 0.25) is 11.9 Å². The van der Waals surface area contributed by atoms with Crippen molar-refractivity contribution in [1.82, 2.24) is 43.8 Å². The first-order valence-electron chi connectivity index (χ1n) is 17.7. The van der Waals surface area contributed by atoms with E-state index in [2.05, 4.69) is 45.3 Å². The fourth-order valence-corrected chi connectivity index (χ4v) is 8.04. The molecule has 7 heterocycles. The van der Waals surface area contributed by atoms with E-state index in [-0.39, 0.29) is 40.7 Å². The van der Waals surface area contributed by atoms with Crippen LogP contribution in [0.1, 0.15) is 36.7 Å². The molecule has 1 aromatic carbocycles. The zero-order chi connectivity index (χ0) is 40.2. The van der Waals surface area contributed by atoms with Crippen molar-refractivity contribution in [3.63, 3.8) is 0 Å². The van der Waals surface area contributed by atoms with E-state index in [1.165, 1.54) is 21.8 Å². The summed E-state index contributed by atoms with van der Waals surface area (Å²) in [6.07, 6.45) is -3.66. The van der Waals surface area contributed by atoms with Gasteiger partial charge in [-0.1, -0.05) is 32.0 Å². The molecule has 3 aliphatic rings. The fraction of sp³-hybridized carbons (Fsp3) is 0.455. The zero-order valence-corrected chi connectivity index (χ0v) is 30.9. The third kappa shape index (κ3) is 6.93. The van der Waals surface area contributed by atoms with Gasteiger partial charge < -0.3 is 34.8 Å². The molecule has 3 fully saturated rings. The van der Waals surface area contributed by atoms with Gasteiger partial charge in [-0.2, -0.15) is 18.1 Å². The summed E-state index contributed by atoms with van der Waals surface area (Å²) in [6, 6.07) is 8.49. The maximum absolute atomic E-state index is 13.6. The molecule has 1 unspecified atom stereocenters. The number of carbonyl (C=O) groups is 2. The highest BCUT2D eigenvalue weighted by molar-refractivity contribution is 7.84. The Bertz CT molecular complexity index is 2500. The van der Waals surface area contributed by atoms with Crippen molar-refractivity contribution in [1.29, 1.82) is 0 Å². The van der Waals surface area contributed by atoms with Gasteiger partial charge in [-0.3, -0.25) is 33.8 Å². The molecule has 57 heavy (non-hydrogen) atoms. The van der Waals surface area contributed by atoms with Crippen LogP contribution in [-0.4, -0.2) is 131 Å². The average Bonchev–Trinajstić information content (AvgIpc) is 4.01. The summed E-state index contributed by atoms with van der Waals surface area (Å²) < 4.78 is 55.9. The van der Waals surface area contributed by atoms with Crippen molar-refractivity contribution in [2.24, 2.45) is 11.8 Å². The molecule has 23 nitrogen and oxygen atoms in total. The van der Waals surface area contributed by atoms with Crippen molar-refractivity contribution in [3.05, 3.63) is 65.2 Å². The molecular weight excluding hydrogens is 774 g/mol. The Morgan fingerprint density at radius 3 is 2.47 bits per heavy atom. The van der Waals surface area contributed by atoms with Gasteiger partial charge in [0, 0.05) is 23.9 Å². The average molecular weight is 812 g/mol. The second kappa shape index (κ2) is 14.9. The Kier molecular flexibility index (Phi) is 10.1. The van der Waals surface area contributed by atoms with E-state index in [1.54, 1.807) is 44.2 Å². The van der Waals surface area contributed by atoms with E-state index in [1.807, 2.05) is 0 Å². The summed E-state index contributed by atoms with van der Waals surface area (Å²) in [7, 11) is -4.77. The van der Waals surface area contributed by atoms with Crippen LogP contribution in [0.5, 0.6) is 0 Å². The topological polar surface area (TPSA) is 309 Å². The molecule has 0 spiro atoms. The first kappa shape index (κ1) is 38.6. The van der Waals surface area contributed by atoms with Crippen LogP contribution in [0.2, 0.25) is 0 Å². The van der Waals surface area contributed by atoms with Gasteiger partial charge in [-0.15, -0.1) is 0 Å². The molecule has 2 bridgehead atoms. The predicted molar refractivity (Wildman–Crippen MR) is 193 cm³/mol. The lowest BCUT2D eigenvalue weighted by Crippen LogP contribution is -2.51. The monoisotopic (exact) mass is 811 g/mol. The number of aromatic amines is 1.